The fourth-order valence-corrected chi connectivity index (χ4v) is 12.2. The minimum Gasteiger partial charge on any atom is -0.456 e. The molecule has 0 saturated heterocycles. The first-order valence-corrected chi connectivity index (χ1v) is 23.2. The summed E-state index contributed by atoms with van der Waals surface area (Å²) in [4.78, 5) is 2.64. The van der Waals surface area contributed by atoms with Crippen molar-refractivity contribution in [1.29, 1.82) is 0 Å². The molecule has 14 rings (SSSR count). The Morgan fingerprint density at radius 2 is 1.25 bits per heavy atom. The van der Waals surface area contributed by atoms with Gasteiger partial charge in [-0.25, -0.2) is 0 Å². The summed E-state index contributed by atoms with van der Waals surface area (Å²) in [6.07, 6.45) is 0. The fourth-order valence-electron chi connectivity index (χ4n) is 11.0. The standard InChI is InChI=1S/C58H43BN2O2S/c1-57(2,3)34-16-19-36(20-17-34)61-47-31-54-44(38-21-18-35(58(4,5)6)26-53(38)64-54)27-41(47)39-22-23-40-42-29-52-43(37-14-10-11-15-49(37)62-52)28-46(42)60-48-24-33-25-50(32-12-8-7-9-13-32)63-51(33)30-45(48)59(61)55(39)56(40)60/h7-31H,1-6H3. The van der Waals surface area contributed by atoms with Crippen molar-refractivity contribution in [2.45, 2.75) is 52.4 Å². The second-order valence-electron chi connectivity index (χ2n) is 20.1. The molecule has 306 valence electrons. The molecule has 0 amide bonds. The topological polar surface area (TPSA) is 34.5 Å². The van der Waals surface area contributed by atoms with Gasteiger partial charge in [0.1, 0.15) is 22.5 Å². The van der Waals surface area contributed by atoms with Crippen molar-refractivity contribution in [3.63, 3.8) is 0 Å². The van der Waals surface area contributed by atoms with Crippen molar-refractivity contribution < 1.29 is 8.83 Å². The first kappa shape index (κ1) is 36.5. The number of fused-ring (bicyclic) bond motifs is 15. The van der Waals surface area contributed by atoms with Gasteiger partial charge in [0.05, 0.1) is 11.0 Å². The first-order valence-electron chi connectivity index (χ1n) is 22.4. The highest BCUT2D eigenvalue weighted by Gasteiger charge is 2.44. The number of rotatable bonds is 2. The van der Waals surface area contributed by atoms with Gasteiger partial charge in [0.25, 0.3) is 0 Å². The molecule has 0 N–H and O–H groups in total. The Balaban J connectivity index is 1.13. The normalized spacial score (nSPS) is 13.7. The van der Waals surface area contributed by atoms with Gasteiger partial charge in [-0.15, -0.1) is 11.3 Å². The van der Waals surface area contributed by atoms with Crippen molar-refractivity contribution in [1.82, 2.24) is 4.57 Å². The highest BCUT2D eigenvalue weighted by molar-refractivity contribution is 7.25. The number of hydrogen-bond acceptors (Lipinski definition) is 4. The predicted molar refractivity (Wildman–Crippen MR) is 273 cm³/mol. The zero-order chi connectivity index (χ0) is 43.0. The second-order valence-corrected chi connectivity index (χ2v) is 21.2. The summed E-state index contributed by atoms with van der Waals surface area (Å²) in [5, 5.41) is 8.39. The number of thiophene rings is 1. The molecule has 0 aliphatic carbocycles. The molecule has 0 spiro atoms. The van der Waals surface area contributed by atoms with Gasteiger partial charge >= 0.3 is 6.85 Å². The summed E-state index contributed by atoms with van der Waals surface area (Å²) >= 11 is 1.91. The van der Waals surface area contributed by atoms with Crippen molar-refractivity contribution in [3.05, 3.63) is 163 Å². The molecule has 0 unspecified atom stereocenters. The molecule has 4 nitrogen and oxygen atoms in total. The molecule has 64 heavy (non-hydrogen) atoms. The van der Waals surface area contributed by atoms with Gasteiger partial charge in [-0.3, -0.25) is 0 Å². The van der Waals surface area contributed by atoms with E-state index in [9.17, 15) is 0 Å². The summed E-state index contributed by atoms with van der Waals surface area (Å²) in [6.45, 7) is 13.7. The van der Waals surface area contributed by atoms with Gasteiger partial charge in [0.15, 0.2) is 0 Å². The molecule has 0 fully saturated rings. The van der Waals surface area contributed by atoms with E-state index in [0.29, 0.717) is 0 Å². The van der Waals surface area contributed by atoms with Crippen LogP contribution >= 0.6 is 11.3 Å². The van der Waals surface area contributed by atoms with Crippen molar-refractivity contribution >= 4 is 115 Å². The summed E-state index contributed by atoms with van der Waals surface area (Å²) < 4.78 is 18.6. The van der Waals surface area contributed by atoms with E-state index in [2.05, 4.69) is 203 Å². The molecule has 4 aromatic heterocycles. The third-order valence-corrected chi connectivity index (χ3v) is 15.4. The van der Waals surface area contributed by atoms with E-state index in [0.717, 1.165) is 44.2 Å². The third kappa shape index (κ3) is 4.95. The van der Waals surface area contributed by atoms with Crippen LogP contribution in [0.2, 0.25) is 0 Å². The molecule has 0 radical (unpaired) electrons. The average molecular weight is 843 g/mol. The lowest BCUT2D eigenvalue weighted by molar-refractivity contribution is 0.590. The smallest absolute Gasteiger partial charge is 0.333 e. The Bertz CT molecular complexity index is 3980. The Kier molecular flexibility index (Phi) is 7.05. The van der Waals surface area contributed by atoms with E-state index in [1.54, 1.807) is 0 Å². The largest absolute Gasteiger partial charge is 0.456 e. The lowest BCUT2D eigenvalue weighted by Gasteiger charge is -2.42. The zero-order valence-electron chi connectivity index (χ0n) is 36.6. The molecule has 0 atom stereocenters. The molecule has 6 heterocycles. The number of para-hydroxylation sites is 1. The van der Waals surface area contributed by atoms with Gasteiger partial charge in [-0.1, -0.05) is 126 Å². The lowest BCUT2D eigenvalue weighted by Crippen LogP contribution is -2.60. The maximum atomic E-state index is 6.84. The second kappa shape index (κ2) is 12.4. The van der Waals surface area contributed by atoms with Crippen LogP contribution < -0.4 is 15.7 Å². The molecule has 0 bridgehead atoms. The molecule has 8 aromatic carbocycles. The Hall–Kier alpha value is -7.02. The molecule has 2 aliphatic heterocycles. The monoisotopic (exact) mass is 842 g/mol. The summed E-state index contributed by atoms with van der Waals surface area (Å²) in [6, 6.07) is 56.7. The number of nitrogens with zero attached hydrogens (tertiary/aromatic N) is 2. The van der Waals surface area contributed by atoms with E-state index in [1.165, 1.54) is 92.2 Å². The van der Waals surface area contributed by atoms with Gasteiger partial charge in [0, 0.05) is 75.3 Å². The average Bonchev–Trinajstić information content (AvgIpc) is 4.06. The van der Waals surface area contributed by atoms with Gasteiger partial charge in [-0.05, 0) is 105 Å². The number of aromatic nitrogens is 1. The minimum absolute atomic E-state index is 0.0243. The Morgan fingerprint density at radius 1 is 0.500 bits per heavy atom. The molecular formula is C58H43BN2O2S. The fraction of sp³-hybridized carbons (Fsp3) is 0.138. The van der Waals surface area contributed by atoms with Crippen LogP contribution in [0.5, 0.6) is 0 Å². The highest BCUT2D eigenvalue weighted by atomic mass is 32.1. The van der Waals surface area contributed by atoms with Crippen LogP contribution in [-0.2, 0) is 10.8 Å². The lowest BCUT2D eigenvalue weighted by atomic mass is 9.44. The van der Waals surface area contributed by atoms with Crippen LogP contribution in [0.15, 0.2) is 160 Å². The van der Waals surface area contributed by atoms with E-state index in [4.69, 9.17) is 8.83 Å². The zero-order valence-corrected chi connectivity index (χ0v) is 37.4. The van der Waals surface area contributed by atoms with Crippen LogP contribution in [-0.4, -0.2) is 11.4 Å². The van der Waals surface area contributed by atoms with Crippen molar-refractivity contribution in [2.24, 2.45) is 0 Å². The SMILES string of the molecule is CC(C)(C)c1ccc(N2B3c4cc5oc(-c6ccccc6)cc5cc4-n4c5cc6c(cc5c5ccc(c3c54)-c3cc4c(cc32)sc2cc(C(C)(C)C)ccc24)oc2ccccc26)cc1. The molecule has 12 aromatic rings. The number of furan rings is 2. The van der Waals surface area contributed by atoms with Gasteiger partial charge in [0.2, 0.25) is 0 Å². The van der Waals surface area contributed by atoms with Crippen LogP contribution in [0.3, 0.4) is 0 Å². The summed E-state index contributed by atoms with van der Waals surface area (Å²) in [5.41, 5.74) is 17.6. The third-order valence-electron chi connectivity index (χ3n) is 14.3. The summed E-state index contributed by atoms with van der Waals surface area (Å²) in [7, 11) is 0. The van der Waals surface area contributed by atoms with Gasteiger partial charge < -0.3 is 18.2 Å². The van der Waals surface area contributed by atoms with Crippen LogP contribution in [0.4, 0.5) is 11.4 Å². The molecule has 0 saturated carbocycles. The molecule has 6 heteroatoms. The Morgan fingerprint density at radius 3 is 2.06 bits per heavy atom. The van der Waals surface area contributed by atoms with E-state index < -0.39 is 0 Å². The van der Waals surface area contributed by atoms with E-state index >= 15 is 0 Å². The number of hydrogen-bond donors (Lipinski definition) is 0. The molecule has 2 aliphatic rings. The van der Waals surface area contributed by atoms with Crippen molar-refractivity contribution in [3.8, 4) is 28.1 Å². The van der Waals surface area contributed by atoms with Crippen LogP contribution in [0.1, 0.15) is 52.7 Å². The minimum atomic E-state index is -0.142. The van der Waals surface area contributed by atoms with Crippen LogP contribution in [0, 0.1) is 0 Å². The maximum absolute atomic E-state index is 6.84. The van der Waals surface area contributed by atoms with Crippen LogP contribution in [0.25, 0.3) is 103 Å². The van der Waals surface area contributed by atoms with E-state index in [-0.39, 0.29) is 17.7 Å². The Labute approximate surface area is 375 Å². The van der Waals surface area contributed by atoms with Crippen molar-refractivity contribution in [2.75, 3.05) is 4.81 Å². The summed E-state index contributed by atoms with van der Waals surface area (Å²) in [5.74, 6) is 0.871. The van der Waals surface area contributed by atoms with E-state index in [1.807, 2.05) is 11.3 Å². The number of benzene rings is 8. The molecular weight excluding hydrogens is 800 g/mol. The maximum Gasteiger partial charge on any atom is 0.333 e. The predicted octanol–water partition coefficient (Wildman–Crippen LogP) is 15.3. The highest BCUT2D eigenvalue weighted by Crippen LogP contribution is 2.50. The quantitative estimate of drug-likeness (QED) is 0.163. The number of anilines is 2. The first-order chi connectivity index (χ1) is 31.0. The van der Waals surface area contributed by atoms with Gasteiger partial charge in [-0.2, -0.15) is 0 Å².